The van der Waals surface area contributed by atoms with Crippen LogP contribution in [0.25, 0.3) is 0 Å². The summed E-state index contributed by atoms with van der Waals surface area (Å²) in [6, 6.07) is 6.04. The van der Waals surface area contributed by atoms with E-state index in [0.29, 0.717) is 17.0 Å². The molecule has 1 N–H and O–H groups in total. The van der Waals surface area contributed by atoms with Gasteiger partial charge in [0.05, 0.1) is 17.7 Å². The van der Waals surface area contributed by atoms with Crippen LogP contribution in [0, 0.1) is 5.92 Å². The van der Waals surface area contributed by atoms with Gasteiger partial charge < -0.3 is 10.1 Å². The number of rotatable bonds is 5. The zero-order valence-electron chi connectivity index (χ0n) is 11.3. The first-order valence-electron chi connectivity index (χ1n) is 6.09. The van der Waals surface area contributed by atoms with Gasteiger partial charge in [-0.25, -0.2) is 4.79 Å². The predicted molar refractivity (Wildman–Crippen MR) is 74.2 cm³/mol. The van der Waals surface area contributed by atoms with Crippen LogP contribution in [0.2, 0.25) is 5.02 Å². The van der Waals surface area contributed by atoms with Crippen molar-refractivity contribution in [1.29, 1.82) is 0 Å². The van der Waals surface area contributed by atoms with Crippen molar-refractivity contribution in [2.24, 2.45) is 5.92 Å². The predicted octanol–water partition coefficient (Wildman–Crippen LogP) is 2.66. The van der Waals surface area contributed by atoms with Crippen molar-refractivity contribution in [3.63, 3.8) is 0 Å². The van der Waals surface area contributed by atoms with E-state index in [9.17, 15) is 9.59 Å². The Bertz CT molecular complexity index is 460. The number of nitrogens with one attached hydrogen (secondary N) is 1. The molecule has 0 aliphatic carbocycles. The first-order valence-corrected chi connectivity index (χ1v) is 6.46. The van der Waals surface area contributed by atoms with E-state index < -0.39 is 12.0 Å². The lowest BCUT2D eigenvalue weighted by Gasteiger charge is -2.18. The summed E-state index contributed by atoms with van der Waals surface area (Å²) < 4.78 is 4.69. The van der Waals surface area contributed by atoms with Crippen molar-refractivity contribution in [2.45, 2.75) is 26.3 Å². The lowest BCUT2D eigenvalue weighted by atomic mass is 10.0. The molecule has 0 aliphatic heterocycles. The number of amides is 1. The largest absolute Gasteiger partial charge is 0.467 e. The van der Waals surface area contributed by atoms with Crippen LogP contribution in [0.15, 0.2) is 24.3 Å². The van der Waals surface area contributed by atoms with Gasteiger partial charge in [-0.05, 0) is 24.5 Å². The van der Waals surface area contributed by atoms with Crippen LogP contribution in [-0.2, 0) is 9.53 Å². The summed E-state index contributed by atoms with van der Waals surface area (Å²) in [6.07, 6.45) is 0.517. The van der Waals surface area contributed by atoms with Gasteiger partial charge in [0.15, 0.2) is 0 Å². The first-order chi connectivity index (χ1) is 8.95. The Kier molecular flexibility index (Phi) is 5.83. The summed E-state index contributed by atoms with van der Waals surface area (Å²) in [4.78, 5) is 23.7. The standard InChI is InChI=1S/C14H18ClNO3/c1-9(2)8-12(14(18)19-3)16-13(17)10-6-4-5-7-11(10)15/h4-7,9,12H,8H2,1-3H3,(H,16,17)/t12-/m0/s1. The van der Waals surface area contributed by atoms with E-state index in [4.69, 9.17) is 16.3 Å². The average molecular weight is 284 g/mol. The number of methoxy groups -OCH3 is 1. The smallest absolute Gasteiger partial charge is 0.328 e. The van der Waals surface area contributed by atoms with Gasteiger partial charge in [0, 0.05) is 0 Å². The molecule has 0 saturated carbocycles. The zero-order valence-corrected chi connectivity index (χ0v) is 12.0. The summed E-state index contributed by atoms with van der Waals surface area (Å²) in [6.45, 7) is 3.94. The molecule has 0 unspecified atom stereocenters. The molecular formula is C14H18ClNO3. The van der Waals surface area contributed by atoms with Crippen LogP contribution in [0.1, 0.15) is 30.6 Å². The van der Waals surface area contributed by atoms with Gasteiger partial charge in [-0.1, -0.05) is 37.6 Å². The second-order valence-electron chi connectivity index (χ2n) is 4.66. The molecule has 0 radical (unpaired) electrons. The van der Waals surface area contributed by atoms with E-state index in [1.165, 1.54) is 7.11 Å². The maximum atomic E-state index is 12.1. The molecule has 5 heteroatoms. The highest BCUT2D eigenvalue weighted by Gasteiger charge is 2.23. The molecular weight excluding hydrogens is 266 g/mol. The minimum Gasteiger partial charge on any atom is -0.467 e. The van der Waals surface area contributed by atoms with Crippen LogP contribution in [0.5, 0.6) is 0 Å². The molecule has 4 nitrogen and oxygen atoms in total. The molecule has 0 fully saturated rings. The van der Waals surface area contributed by atoms with Gasteiger partial charge in [0.1, 0.15) is 6.04 Å². The van der Waals surface area contributed by atoms with E-state index >= 15 is 0 Å². The molecule has 0 saturated heterocycles. The molecule has 0 aromatic heterocycles. The molecule has 1 aromatic carbocycles. The summed E-state index contributed by atoms with van der Waals surface area (Å²) in [5.41, 5.74) is 0.349. The summed E-state index contributed by atoms with van der Waals surface area (Å²) in [7, 11) is 1.30. The molecule has 1 atom stereocenters. The SMILES string of the molecule is COC(=O)[C@H](CC(C)C)NC(=O)c1ccccc1Cl. The van der Waals surface area contributed by atoms with E-state index in [1.807, 2.05) is 13.8 Å². The first kappa shape index (κ1) is 15.5. The molecule has 1 amide bonds. The van der Waals surface area contributed by atoms with Gasteiger partial charge in [0.25, 0.3) is 5.91 Å². The summed E-state index contributed by atoms with van der Waals surface area (Å²) in [5, 5.41) is 3.01. The molecule has 104 valence electrons. The monoisotopic (exact) mass is 283 g/mol. The third-order valence-corrected chi connectivity index (χ3v) is 2.95. The average Bonchev–Trinajstić information content (AvgIpc) is 2.36. The van der Waals surface area contributed by atoms with Crippen LogP contribution in [-0.4, -0.2) is 25.0 Å². The number of ether oxygens (including phenoxy) is 1. The van der Waals surface area contributed by atoms with Crippen molar-refractivity contribution in [1.82, 2.24) is 5.32 Å². The molecule has 0 bridgehead atoms. The Morgan fingerprint density at radius 3 is 2.47 bits per heavy atom. The van der Waals surface area contributed by atoms with Gasteiger partial charge in [-0.3, -0.25) is 4.79 Å². The number of carbonyl (C=O) groups is 2. The van der Waals surface area contributed by atoms with E-state index in [1.54, 1.807) is 24.3 Å². The maximum Gasteiger partial charge on any atom is 0.328 e. The zero-order chi connectivity index (χ0) is 14.4. The molecule has 1 rings (SSSR count). The lowest BCUT2D eigenvalue weighted by Crippen LogP contribution is -2.42. The van der Waals surface area contributed by atoms with E-state index in [-0.39, 0.29) is 11.8 Å². The number of esters is 1. The number of halogens is 1. The third-order valence-electron chi connectivity index (χ3n) is 2.62. The normalized spacial score (nSPS) is 12.1. The van der Waals surface area contributed by atoms with Gasteiger partial charge in [-0.15, -0.1) is 0 Å². The van der Waals surface area contributed by atoms with Crippen molar-refractivity contribution >= 4 is 23.5 Å². The minimum absolute atomic E-state index is 0.260. The second-order valence-corrected chi connectivity index (χ2v) is 5.07. The van der Waals surface area contributed by atoms with E-state index in [2.05, 4.69) is 5.32 Å². The molecule has 0 aliphatic rings. The highest BCUT2D eigenvalue weighted by Crippen LogP contribution is 2.15. The molecule has 19 heavy (non-hydrogen) atoms. The third kappa shape index (κ3) is 4.56. The Hall–Kier alpha value is -1.55. The van der Waals surface area contributed by atoms with Crippen LogP contribution >= 0.6 is 11.6 Å². The molecule has 0 heterocycles. The number of carbonyl (C=O) groups excluding carboxylic acids is 2. The Morgan fingerprint density at radius 2 is 1.95 bits per heavy atom. The number of hydrogen-bond donors (Lipinski definition) is 1. The highest BCUT2D eigenvalue weighted by atomic mass is 35.5. The summed E-state index contributed by atoms with van der Waals surface area (Å²) >= 11 is 5.94. The van der Waals surface area contributed by atoms with Gasteiger partial charge >= 0.3 is 5.97 Å². The van der Waals surface area contributed by atoms with Gasteiger partial charge in [-0.2, -0.15) is 0 Å². The fraction of sp³-hybridized carbons (Fsp3) is 0.429. The van der Waals surface area contributed by atoms with Gasteiger partial charge in [0.2, 0.25) is 0 Å². The molecule has 0 spiro atoms. The Balaban J connectivity index is 2.82. The van der Waals surface area contributed by atoms with Crippen molar-refractivity contribution in [2.75, 3.05) is 7.11 Å². The Morgan fingerprint density at radius 1 is 1.32 bits per heavy atom. The van der Waals surface area contributed by atoms with Crippen LogP contribution in [0.3, 0.4) is 0 Å². The van der Waals surface area contributed by atoms with Crippen molar-refractivity contribution in [3.8, 4) is 0 Å². The van der Waals surface area contributed by atoms with Crippen LogP contribution < -0.4 is 5.32 Å². The maximum absolute atomic E-state index is 12.1. The highest BCUT2D eigenvalue weighted by molar-refractivity contribution is 6.33. The number of hydrogen-bond acceptors (Lipinski definition) is 3. The second kappa shape index (κ2) is 7.14. The van der Waals surface area contributed by atoms with Crippen molar-refractivity contribution < 1.29 is 14.3 Å². The van der Waals surface area contributed by atoms with E-state index in [0.717, 1.165) is 0 Å². The topological polar surface area (TPSA) is 55.4 Å². The lowest BCUT2D eigenvalue weighted by molar-refractivity contribution is -0.143. The summed E-state index contributed by atoms with van der Waals surface area (Å²) in [5.74, 6) is -0.564. The molecule has 1 aromatic rings. The van der Waals surface area contributed by atoms with Crippen molar-refractivity contribution in [3.05, 3.63) is 34.9 Å². The quantitative estimate of drug-likeness (QED) is 0.845. The fourth-order valence-corrected chi connectivity index (χ4v) is 1.93. The fourth-order valence-electron chi connectivity index (χ4n) is 1.71. The number of benzene rings is 1. The van der Waals surface area contributed by atoms with Crippen LogP contribution in [0.4, 0.5) is 0 Å². The Labute approximate surface area is 118 Å². The minimum atomic E-state index is -0.659.